The van der Waals surface area contributed by atoms with Gasteiger partial charge in [-0.1, -0.05) is 24.3 Å². The third-order valence-corrected chi connectivity index (χ3v) is 4.23. The number of nitrogens with two attached hydrogens (primary N) is 1. The van der Waals surface area contributed by atoms with Gasteiger partial charge >= 0.3 is 0 Å². The number of benzene rings is 1. The second-order valence-corrected chi connectivity index (χ2v) is 5.85. The summed E-state index contributed by atoms with van der Waals surface area (Å²) in [4.78, 5) is 4.54. The van der Waals surface area contributed by atoms with E-state index in [0.717, 1.165) is 27.6 Å². The number of nitrogens with one attached hydrogen (secondary N) is 1. The second-order valence-electron chi connectivity index (χ2n) is 4.89. The molecule has 4 heteroatoms. The summed E-state index contributed by atoms with van der Waals surface area (Å²) < 4.78 is 0. The molecular weight excluding hydrogens is 266 g/mol. The Morgan fingerprint density at radius 1 is 1.20 bits per heavy atom. The Kier molecular flexibility index (Phi) is 4.45. The first kappa shape index (κ1) is 14.6. The van der Waals surface area contributed by atoms with Crippen molar-refractivity contribution in [1.82, 2.24) is 4.98 Å². The van der Waals surface area contributed by atoms with Crippen LogP contribution >= 0.6 is 11.8 Å². The maximum absolute atomic E-state index is 7.74. The molecule has 0 atom stereocenters. The van der Waals surface area contributed by atoms with Crippen LogP contribution in [0.3, 0.4) is 0 Å². The van der Waals surface area contributed by atoms with Crippen molar-refractivity contribution in [3.8, 4) is 0 Å². The quantitative estimate of drug-likeness (QED) is 0.512. The summed E-state index contributed by atoms with van der Waals surface area (Å²) in [6, 6.07) is 10.3. The van der Waals surface area contributed by atoms with E-state index in [-0.39, 0.29) is 5.84 Å². The minimum absolute atomic E-state index is 0.0854. The van der Waals surface area contributed by atoms with Gasteiger partial charge in [0.05, 0.1) is 5.56 Å². The van der Waals surface area contributed by atoms with Gasteiger partial charge in [-0.2, -0.15) is 0 Å². The lowest BCUT2D eigenvalue weighted by Crippen LogP contribution is -2.15. The zero-order valence-electron chi connectivity index (χ0n) is 12.0. The number of hydrogen-bond acceptors (Lipinski definition) is 3. The summed E-state index contributed by atoms with van der Waals surface area (Å²) in [7, 11) is 0. The van der Waals surface area contributed by atoms with Crippen LogP contribution < -0.4 is 5.73 Å². The fourth-order valence-corrected chi connectivity index (χ4v) is 3.39. The molecule has 0 aliphatic carbocycles. The zero-order valence-corrected chi connectivity index (χ0v) is 12.8. The van der Waals surface area contributed by atoms with Crippen molar-refractivity contribution < 1.29 is 0 Å². The van der Waals surface area contributed by atoms with E-state index in [4.69, 9.17) is 11.1 Å². The van der Waals surface area contributed by atoms with E-state index in [1.165, 1.54) is 11.1 Å². The lowest BCUT2D eigenvalue weighted by molar-refractivity contribution is 1.03. The van der Waals surface area contributed by atoms with E-state index in [1.807, 2.05) is 32.0 Å². The molecule has 0 bridgehead atoms. The number of aryl methyl sites for hydroxylation is 3. The Bertz CT molecular complexity index is 650. The van der Waals surface area contributed by atoms with Crippen molar-refractivity contribution in [2.45, 2.75) is 31.6 Å². The number of nitrogens with zero attached hydrogens (tertiary/aromatic N) is 1. The SMILES string of the molecule is Cc1cc(C)c(C(=N)N)c(SCc2ccccc2C)n1. The van der Waals surface area contributed by atoms with Crippen LogP contribution in [-0.4, -0.2) is 10.8 Å². The van der Waals surface area contributed by atoms with E-state index in [9.17, 15) is 0 Å². The summed E-state index contributed by atoms with van der Waals surface area (Å²) in [5, 5.41) is 8.58. The number of thioether (sulfide) groups is 1. The summed E-state index contributed by atoms with van der Waals surface area (Å²) in [6.07, 6.45) is 0. The number of nitrogen functional groups attached to an aromatic ring is 1. The fourth-order valence-electron chi connectivity index (χ4n) is 2.15. The molecule has 2 aromatic rings. The molecule has 0 aliphatic rings. The molecule has 2 rings (SSSR count). The molecule has 20 heavy (non-hydrogen) atoms. The molecule has 0 saturated heterocycles. The number of amidine groups is 1. The minimum Gasteiger partial charge on any atom is -0.384 e. The average Bonchev–Trinajstić information content (AvgIpc) is 2.36. The smallest absolute Gasteiger partial charge is 0.125 e. The predicted molar refractivity (Wildman–Crippen MR) is 85.5 cm³/mol. The molecule has 3 N–H and O–H groups in total. The maximum atomic E-state index is 7.74. The van der Waals surface area contributed by atoms with Crippen LogP contribution in [0.15, 0.2) is 35.4 Å². The van der Waals surface area contributed by atoms with E-state index >= 15 is 0 Å². The highest BCUT2D eigenvalue weighted by molar-refractivity contribution is 7.98. The Morgan fingerprint density at radius 3 is 2.55 bits per heavy atom. The molecule has 0 aliphatic heterocycles. The normalized spacial score (nSPS) is 10.6. The van der Waals surface area contributed by atoms with Gasteiger partial charge in [0.25, 0.3) is 0 Å². The van der Waals surface area contributed by atoms with Crippen LogP contribution in [0.4, 0.5) is 0 Å². The molecule has 1 heterocycles. The largest absolute Gasteiger partial charge is 0.384 e. The molecule has 0 unspecified atom stereocenters. The summed E-state index contributed by atoms with van der Waals surface area (Å²) >= 11 is 1.64. The van der Waals surface area contributed by atoms with Gasteiger partial charge in [-0.05, 0) is 43.5 Å². The number of pyridine rings is 1. The highest BCUT2D eigenvalue weighted by Crippen LogP contribution is 2.27. The van der Waals surface area contributed by atoms with Crippen LogP contribution in [0, 0.1) is 26.2 Å². The van der Waals surface area contributed by atoms with Crippen LogP contribution in [-0.2, 0) is 5.75 Å². The lowest BCUT2D eigenvalue weighted by Gasteiger charge is -2.12. The van der Waals surface area contributed by atoms with Crippen LogP contribution in [0.5, 0.6) is 0 Å². The van der Waals surface area contributed by atoms with Crippen LogP contribution in [0.25, 0.3) is 0 Å². The van der Waals surface area contributed by atoms with Gasteiger partial charge in [0.15, 0.2) is 0 Å². The summed E-state index contributed by atoms with van der Waals surface area (Å²) in [5.41, 5.74) is 11.0. The Morgan fingerprint density at radius 2 is 1.90 bits per heavy atom. The third kappa shape index (κ3) is 3.20. The first-order valence-electron chi connectivity index (χ1n) is 6.49. The van der Waals surface area contributed by atoms with Gasteiger partial charge in [-0.3, -0.25) is 5.41 Å². The minimum atomic E-state index is 0.0854. The van der Waals surface area contributed by atoms with E-state index in [1.54, 1.807) is 11.8 Å². The van der Waals surface area contributed by atoms with E-state index < -0.39 is 0 Å². The molecule has 104 valence electrons. The first-order valence-corrected chi connectivity index (χ1v) is 7.47. The van der Waals surface area contributed by atoms with Gasteiger partial charge in [0.2, 0.25) is 0 Å². The second kappa shape index (κ2) is 6.09. The number of aromatic nitrogens is 1. The van der Waals surface area contributed by atoms with Crippen molar-refractivity contribution in [3.05, 3.63) is 58.3 Å². The predicted octanol–water partition coefficient (Wildman–Crippen LogP) is 3.58. The Hall–Kier alpha value is -1.81. The molecule has 3 nitrogen and oxygen atoms in total. The molecule has 0 saturated carbocycles. The van der Waals surface area contributed by atoms with E-state index in [2.05, 4.69) is 24.0 Å². The van der Waals surface area contributed by atoms with Gasteiger partial charge in [0.1, 0.15) is 10.9 Å². The highest BCUT2D eigenvalue weighted by atomic mass is 32.2. The maximum Gasteiger partial charge on any atom is 0.125 e. The highest BCUT2D eigenvalue weighted by Gasteiger charge is 2.12. The number of hydrogen-bond donors (Lipinski definition) is 2. The molecular formula is C16H19N3S. The molecule has 0 radical (unpaired) electrons. The molecule has 1 aromatic heterocycles. The van der Waals surface area contributed by atoms with Gasteiger partial charge in [-0.15, -0.1) is 11.8 Å². The molecule has 1 aromatic carbocycles. The fraction of sp³-hybridized carbons (Fsp3) is 0.250. The summed E-state index contributed by atoms with van der Waals surface area (Å²) in [5.74, 6) is 0.922. The van der Waals surface area contributed by atoms with Crippen molar-refractivity contribution in [2.75, 3.05) is 0 Å². The molecule has 0 spiro atoms. The monoisotopic (exact) mass is 285 g/mol. The van der Waals surface area contributed by atoms with Crippen molar-refractivity contribution >= 4 is 17.6 Å². The van der Waals surface area contributed by atoms with Crippen molar-refractivity contribution in [3.63, 3.8) is 0 Å². The van der Waals surface area contributed by atoms with Crippen LogP contribution in [0.2, 0.25) is 0 Å². The standard InChI is InChI=1S/C16H19N3S/c1-10-6-4-5-7-13(10)9-20-16-14(15(17)18)11(2)8-12(3)19-16/h4-8H,9H2,1-3H3,(H3,17,18). The van der Waals surface area contributed by atoms with Crippen molar-refractivity contribution in [2.24, 2.45) is 5.73 Å². The third-order valence-electron chi connectivity index (χ3n) is 3.21. The molecule has 0 amide bonds. The van der Waals surface area contributed by atoms with Gasteiger partial charge in [0, 0.05) is 11.4 Å². The van der Waals surface area contributed by atoms with E-state index in [0.29, 0.717) is 0 Å². The van der Waals surface area contributed by atoms with Gasteiger partial charge in [-0.25, -0.2) is 4.98 Å². The lowest BCUT2D eigenvalue weighted by atomic mass is 10.1. The van der Waals surface area contributed by atoms with Crippen molar-refractivity contribution in [1.29, 1.82) is 5.41 Å². The Balaban J connectivity index is 2.30. The topological polar surface area (TPSA) is 62.8 Å². The van der Waals surface area contributed by atoms with Gasteiger partial charge < -0.3 is 5.73 Å². The number of rotatable bonds is 4. The van der Waals surface area contributed by atoms with Crippen LogP contribution in [0.1, 0.15) is 27.9 Å². The Labute approximate surface area is 124 Å². The molecule has 0 fully saturated rings. The zero-order chi connectivity index (χ0) is 14.7. The average molecular weight is 285 g/mol. The summed E-state index contributed by atoms with van der Waals surface area (Å²) in [6.45, 7) is 6.05. The first-order chi connectivity index (χ1) is 9.49.